The summed E-state index contributed by atoms with van der Waals surface area (Å²) in [5, 5.41) is 24.3. The molecule has 1 aromatic heterocycles. The molecule has 2 aromatic rings. The SMILES string of the molecule is [2H]c1cn([C@@H]2O[C@H](C([2H])([2H])O[P@@](=O)(NC(C)C(=O)OC(C)C)Oc3ccccc3)[C@@H](O)[C@@]2(C)O)c(=O)nc1OCC. The van der Waals surface area contributed by atoms with Crippen molar-refractivity contribution in [2.75, 3.05) is 13.2 Å². The first-order chi connectivity index (χ1) is 19.0. The van der Waals surface area contributed by atoms with Crippen molar-refractivity contribution in [2.24, 2.45) is 0 Å². The number of nitrogens with zero attached hydrogens (tertiary/aromatic N) is 2. The molecular formula is C24H34N3O10P. The van der Waals surface area contributed by atoms with Crippen molar-refractivity contribution in [1.29, 1.82) is 0 Å². The summed E-state index contributed by atoms with van der Waals surface area (Å²) in [4.78, 5) is 28.7. The molecule has 1 aliphatic rings. The Hall–Kier alpha value is -2.80. The second-order valence-electron chi connectivity index (χ2n) is 8.84. The van der Waals surface area contributed by atoms with Gasteiger partial charge in [0.15, 0.2) is 6.23 Å². The van der Waals surface area contributed by atoms with Gasteiger partial charge in [-0.1, -0.05) is 18.2 Å². The maximum atomic E-state index is 13.9. The standard InChI is InChI=1S/C24H34N3O10P/c1-6-33-19-12-13-27(23(30)25-19)22-24(5,31)20(28)18(36-22)14-34-38(32,37-17-10-8-7-9-11-17)26-16(4)21(29)35-15(2)3/h7-13,15-16,18,20,22,28,31H,6,14H2,1-5H3,(H,26,32)/t16?,18-,20-,22-,24-,38+/m1/s1/i12D,14D2. The minimum atomic E-state index is -4.79. The fourth-order valence-electron chi connectivity index (χ4n) is 3.42. The van der Waals surface area contributed by atoms with Gasteiger partial charge >= 0.3 is 19.4 Å². The van der Waals surface area contributed by atoms with Gasteiger partial charge in [-0.15, -0.1) is 0 Å². The summed E-state index contributed by atoms with van der Waals surface area (Å²) in [6.07, 6.45) is -5.40. The maximum absolute atomic E-state index is 13.9. The molecule has 2 heterocycles. The third-order valence-corrected chi connectivity index (χ3v) is 6.76. The lowest BCUT2D eigenvalue weighted by Gasteiger charge is -2.27. The smallest absolute Gasteiger partial charge is 0.459 e. The van der Waals surface area contributed by atoms with Crippen molar-refractivity contribution < 1.29 is 46.9 Å². The molecule has 0 radical (unpaired) electrons. The van der Waals surface area contributed by atoms with Crippen LogP contribution < -0.4 is 20.0 Å². The fraction of sp³-hybridized carbons (Fsp3) is 0.542. The Kier molecular flexibility index (Phi) is 8.29. The molecule has 1 aromatic carbocycles. The molecule has 13 nitrogen and oxygen atoms in total. The number of aliphatic hydroxyl groups is 2. The topological polar surface area (TPSA) is 168 Å². The molecule has 1 aliphatic heterocycles. The maximum Gasteiger partial charge on any atom is 0.459 e. The number of nitrogens with one attached hydrogen (secondary N) is 1. The summed E-state index contributed by atoms with van der Waals surface area (Å²) in [5.41, 5.74) is -3.33. The highest BCUT2D eigenvalue weighted by Gasteiger charge is 2.54. The van der Waals surface area contributed by atoms with Crippen LogP contribution in [0, 0.1) is 0 Å². The highest BCUT2D eigenvalue weighted by Crippen LogP contribution is 2.46. The zero-order valence-electron chi connectivity index (χ0n) is 24.6. The van der Waals surface area contributed by atoms with E-state index in [1.54, 1.807) is 39.0 Å². The number of esters is 1. The molecule has 1 unspecified atom stereocenters. The average molecular weight is 559 g/mol. The number of carbonyl (C=O) groups excluding carboxylic acids is 1. The molecule has 3 rings (SSSR count). The van der Waals surface area contributed by atoms with Crippen LogP contribution in [-0.2, 0) is 23.4 Å². The van der Waals surface area contributed by atoms with Crippen molar-refractivity contribution in [2.45, 2.75) is 70.8 Å². The van der Waals surface area contributed by atoms with Crippen LogP contribution in [0.5, 0.6) is 11.6 Å². The van der Waals surface area contributed by atoms with Crippen LogP contribution in [0.2, 0.25) is 0 Å². The molecule has 0 spiro atoms. The predicted molar refractivity (Wildman–Crippen MR) is 135 cm³/mol. The number of hydrogen-bond acceptors (Lipinski definition) is 11. The molecule has 6 atom stereocenters. The van der Waals surface area contributed by atoms with E-state index in [4.69, 9.17) is 27.4 Å². The molecule has 1 fully saturated rings. The number of aliphatic hydroxyl groups excluding tert-OH is 1. The van der Waals surface area contributed by atoms with Crippen LogP contribution in [0.3, 0.4) is 0 Å². The van der Waals surface area contributed by atoms with Gasteiger partial charge in [0.25, 0.3) is 0 Å². The molecule has 0 amide bonds. The summed E-state index contributed by atoms with van der Waals surface area (Å²) in [6, 6.07) is 5.95. The molecule has 210 valence electrons. The fourth-order valence-corrected chi connectivity index (χ4v) is 4.78. The Morgan fingerprint density at radius 1 is 1.37 bits per heavy atom. The lowest BCUT2D eigenvalue weighted by atomic mass is 9.96. The van der Waals surface area contributed by atoms with Gasteiger partial charge < -0.3 is 28.9 Å². The molecule has 0 saturated carbocycles. The van der Waals surface area contributed by atoms with E-state index in [2.05, 4.69) is 10.1 Å². The number of benzene rings is 1. The molecule has 14 heteroatoms. The predicted octanol–water partition coefficient (Wildman–Crippen LogP) is 1.78. The minimum absolute atomic E-state index is 0.00341. The van der Waals surface area contributed by atoms with E-state index < -0.39 is 62.1 Å². The number of hydrogen-bond donors (Lipinski definition) is 3. The molecule has 0 bridgehead atoms. The van der Waals surface area contributed by atoms with Crippen LogP contribution in [0.1, 0.15) is 45.0 Å². The number of ether oxygens (including phenoxy) is 3. The number of carbonyl (C=O) groups is 1. The van der Waals surface area contributed by atoms with Gasteiger partial charge in [0.1, 0.15) is 29.6 Å². The van der Waals surface area contributed by atoms with E-state index in [1.165, 1.54) is 19.1 Å². The van der Waals surface area contributed by atoms with Crippen LogP contribution in [-0.4, -0.2) is 68.9 Å². The summed E-state index contributed by atoms with van der Waals surface area (Å²) in [5.74, 6) is -1.09. The van der Waals surface area contributed by atoms with Crippen molar-refractivity contribution in [3.63, 3.8) is 0 Å². The van der Waals surface area contributed by atoms with Crippen molar-refractivity contribution >= 4 is 13.7 Å². The lowest BCUT2D eigenvalue weighted by Crippen LogP contribution is -2.46. The van der Waals surface area contributed by atoms with Crippen molar-refractivity contribution in [1.82, 2.24) is 14.6 Å². The number of para-hydroxylation sites is 1. The Labute approximate surface area is 224 Å². The van der Waals surface area contributed by atoms with Crippen LogP contribution >= 0.6 is 7.75 Å². The van der Waals surface area contributed by atoms with Crippen molar-refractivity contribution in [3.05, 3.63) is 53.1 Å². The second-order valence-corrected chi connectivity index (χ2v) is 10.5. The Bertz CT molecular complexity index is 1330. The van der Waals surface area contributed by atoms with Gasteiger partial charge in [-0.2, -0.15) is 10.1 Å². The molecule has 38 heavy (non-hydrogen) atoms. The van der Waals surface area contributed by atoms with Gasteiger partial charge in [-0.05, 0) is 46.8 Å². The van der Waals surface area contributed by atoms with Crippen LogP contribution in [0.15, 0.2) is 47.4 Å². The monoisotopic (exact) mass is 558 g/mol. The van der Waals surface area contributed by atoms with E-state index >= 15 is 0 Å². The zero-order chi connectivity index (χ0) is 30.8. The van der Waals surface area contributed by atoms with Crippen molar-refractivity contribution in [3.8, 4) is 11.6 Å². The Morgan fingerprint density at radius 3 is 2.68 bits per heavy atom. The van der Waals surface area contributed by atoms with Crippen LogP contribution in [0.4, 0.5) is 0 Å². The van der Waals surface area contributed by atoms with Gasteiger partial charge in [-0.3, -0.25) is 13.9 Å². The normalized spacial score (nSPS) is 27.1. The first kappa shape index (κ1) is 25.5. The van der Waals surface area contributed by atoms with Crippen LogP contribution in [0.25, 0.3) is 0 Å². The quantitative estimate of drug-likeness (QED) is 0.256. The van der Waals surface area contributed by atoms with Gasteiger partial charge in [-0.25, -0.2) is 9.36 Å². The Balaban J connectivity index is 1.94. The molecule has 0 aliphatic carbocycles. The largest absolute Gasteiger partial charge is 0.478 e. The zero-order valence-corrected chi connectivity index (χ0v) is 22.5. The van der Waals surface area contributed by atoms with E-state index in [9.17, 15) is 24.4 Å². The summed E-state index contributed by atoms with van der Waals surface area (Å²) >= 11 is 0. The Morgan fingerprint density at radius 2 is 2.05 bits per heavy atom. The van der Waals surface area contributed by atoms with E-state index in [1.807, 2.05) is 0 Å². The first-order valence-corrected chi connectivity index (χ1v) is 13.4. The first-order valence-electron chi connectivity index (χ1n) is 13.3. The average Bonchev–Trinajstić information content (AvgIpc) is 3.10. The van der Waals surface area contributed by atoms with Gasteiger partial charge in [0, 0.05) is 12.2 Å². The molecular weight excluding hydrogens is 521 g/mol. The highest BCUT2D eigenvalue weighted by molar-refractivity contribution is 7.52. The summed E-state index contributed by atoms with van der Waals surface area (Å²) in [7, 11) is -4.79. The third-order valence-electron chi connectivity index (χ3n) is 5.25. The van der Waals surface area contributed by atoms with E-state index in [0.717, 1.165) is 13.1 Å². The molecule has 3 N–H and O–H groups in total. The minimum Gasteiger partial charge on any atom is -0.478 e. The molecule has 1 saturated heterocycles. The third kappa shape index (κ3) is 7.19. The number of aromatic nitrogens is 2. The van der Waals surface area contributed by atoms with Gasteiger partial charge in [0.05, 0.1) is 23.4 Å². The number of rotatable bonds is 12. The lowest BCUT2D eigenvalue weighted by molar-refractivity contribution is -0.149. The van der Waals surface area contributed by atoms with E-state index in [-0.39, 0.29) is 24.3 Å². The highest BCUT2D eigenvalue weighted by atomic mass is 31.2. The van der Waals surface area contributed by atoms with E-state index in [0.29, 0.717) is 4.57 Å². The summed E-state index contributed by atoms with van der Waals surface area (Å²) in [6.45, 7) is 4.19. The van der Waals surface area contributed by atoms with Gasteiger partial charge in [0.2, 0.25) is 5.88 Å². The second kappa shape index (κ2) is 12.4. The summed E-state index contributed by atoms with van der Waals surface area (Å²) < 4.78 is 66.2.